The largest absolute Gasteiger partial charge is 0.351 e. The van der Waals surface area contributed by atoms with E-state index in [2.05, 4.69) is 25.8 Å². The third-order valence-electron chi connectivity index (χ3n) is 3.30. The molecule has 0 fully saturated rings. The molecule has 0 unspecified atom stereocenters. The SMILES string of the molecule is CC(=O)NCc1cc(C(=O)Nc2n[nH]c3ccccc23)ccn1. The second kappa shape index (κ2) is 6.27. The predicted octanol–water partition coefficient (Wildman–Crippen LogP) is 1.85. The van der Waals surface area contributed by atoms with Crippen molar-refractivity contribution in [2.45, 2.75) is 13.5 Å². The fourth-order valence-electron chi connectivity index (χ4n) is 2.17. The lowest BCUT2D eigenvalue weighted by atomic mass is 10.2. The number of nitrogens with zero attached hydrogens (tertiary/aromatic N) is 2. The topological polar surface area (TPSA) is 99.8 Å². The van der Waals surface area contributed by atoms with Crippen molar-refractivity contribution in [1.29, 1.82) is 0 Å². The molecule has 3 N–H and O–H groups in total. The number of hydrogen-bond acceptors (Lipinski definition) is 4. The van der Waals surface area contributed by atoms with E-state index in [0.717, 1.165) is 10.9 Å². The molecule has 7 heteroatoms. The third-order valence-corrected chi connectivity index (χ3v) is 3.30. The summed E-state index contributed by atoms with van der Waals surface area (Å²) >= 11 is 0. The quantitative estimate of drug-likeness (QED) is 0.684. The number of carbonyl (C=O) groups is 2. The van der Waals surface area contributed by atoms with Gasteiger partial charge in [0.1, 0.15) is 0 Å². The number of benzene rings is 1. The summed E-state index contributed by atoms with van der Waals surface area (Å²) in [4.78, 5) is 27.4. The highest BCUT2D eigenvalue weighted by atomic mass is 16.2. The van der Waals surface area contributed by atoms with Crippen molar-refractivity contribution >= 4 is 28.5 Å². The average molecular weight is 309 g/mol. The molecule has 2 heterocycles. The van der Waals surface area contributed by atoms with Gasteiger partial charge in [-0.1, -0.05) is 12.1 Å². The van der Waals surface area contributed by atoms with Crippen LogP contribution in [0.25, 0.3) is 10.9 Å². The maximum atomic E-state index is 12.4. The fraction of sp³-hybridized carbons (Fsp3) is 0.125. The van der Waals surface area contributed by atoms with Crippen molar-refractivity contribution in [3.05, 3.63) is 53.9 Å². The minimum Gasteiger partial charge on any atom is -0.351 e. The number of carbonyl (C=O) groups excluding carboxylic acids is 2. The molecule has 0 bridgehead atoms. The smallest absolute Gasteiger partial charge is 0.257 e. The van der Waals surface area contributed by atoms with E-state index in [-0.39, 0.29) is 18.4 Å². The second-order valence-electron chi connectivity index (χ2n) is 5.02. The van der Waals surface area contributed by atoms with Gasteiger partial charge >= 0.3 is 0 Å². The number of hydrogen-bond donors (Lipinski definition) is 3. The number of amides is 2. The zero-order valence-corrected chi connectivity index (χ0v) is 12.5. The van der Waals surface area contributed by atoms with Crippen LogP contribution in [0.4, 0.5) is 5.82 Å². The Morgan fingerprint density at radius 3 is 2.87 bits per heavy atom. The molecule has 0 aliphatic carbocycles. The molecule has 0 saturated carbocycles. The molecule has 0 atom stereocenters. The van der Waals surface area contributed by atoms with Crippen LogP contribution in [0.15, 0.2) is 42.6 Å². The Bertz CT molecular complexity index is 872. The van der Waals surface area contributed by atoms with Crippen molar-refractivity contribution < 1.29 is 9.59 Å². The van der Waals surface area contributed by atoms with Crippen molar-refractivity contribution in [2.24, 2.45) is 0 Å². The Hall–Kier alpha value is -3.22. The molecule has 2 amide bonds. The van der Waals surface area contributed by atoms with E-state index >= 15 is 0 Å². The van der Waals surface area contributed by atoms with Crippen LogP contribution < -0.4 is 10.6 Å². The fourth-order valence-corrected chi connectivity index (χ4v) is 2.17. The lowest BCUT2D eigenvalue weighted by Gasteiger charge is -2.05. The third kappa shape index (κ3) is 3.34. The highest BCUT2D eigenvalue weighted by Gasteiger charge is 2.11. The van der Waals surface area contributed by atoms with Gasteiger partial charge in [0.25, 0.3) is 5.91 Å². The number of rotatable bonds is 4. The Labute approximate surface area is 132 Å². The first-order valence-corrected chi connectivity index (χ1v) is 7.07. The van der Waals surface area contributed by atoms with E-state index in [1.165, 1.54) is 13.1 Å². The van der Waals surface area contributed by atoms with E-state index in [1.54, 1.807) is 12.1 Å². The normalized spacial score (nSPS) is 10.5. The molecule has 116 valence electrons. The molecule has 0 aliphatic rings. The van der Waals surface area contributed by atoms with Crippen molar-refractivity contribution in [1.82, 2.24) is 20.5 Å². The lowest BCUT2D eigenvalue weighted by Crippen LogP contribution is -2.20. The molecular formula is C16H15N5O2. The summed E-state index contributed by atoms with van der Waals surface area (Å²) in [7, 11) is 0. The van der Waals surface area contributed by atoms with Crippen LogP contribution >= 0.6 is 0 Å². The van der Waals surface area contributed by atoms with E-state index in [9.17, 15) is 9.59 Å². The van der Waals surface area contributed by atoms with E-state index in [1.807, 2.05) is 24.3 Å². The van der Waals surface area contributed by atoms with Crippen LogP contribution in [0, 0.1) is 0 Å². The molecule has 0 radical (unpaired) electrons. The molecule has 0 spiro atoms. The van der Waals surface area contributed by atoms with Gasteiger partial charge in [-0.2, -0.15) is 5.10 Å². The summed E-state index contributed by atoms with van der Waals surface area (Å²) in [6.45, 7) is 1.71. The number of fused-ring (bicyclic) bond motifs is 1. The van der Waals surface area contributed by atoms with E-state index in [4.69, 9.17) is 0 Å². The van der Waals surface area contributed by atoms with Gasteiger partial charge in [-0.05, 0) is 24.3 Å². The van der Waals surface area contributed by atoms with E-state index < -0.39 is 0 Å². The Morgan fingerprint density at radius 2 is 2.04 bits per heavy atom. The van der Waals surface area contributed by atoms with Gasteiger partial charge in [0.15, 0.2) is 5.82 Å². The van der Waals surface area contributed by atoms with Gasteiger partial charge in [-0.15, -0.1) is 0 Å². The van der Waals surface area contributed by atoms with Gasteiger partial charge in [-0.25, -0.2) is 0 Å². The predicted molar refractivity (Wildman–Crippen MR) is 85.8 cm³/mol. The van der Waals surface area contributed by atoms with Gasteiger partial charge in [0, 0.05) is 24.1 Å². The first kappa shape index (κ1) is 14.7. The first-order chi connectivity index (χ1) is 11.1. The van der Waals surface area contributed by atoms with Crippen molar-refractivity contribution in [3.63, 3.8) is 0 Å². The number of anilines is 1. The number of aromatic amines is 1. The standard InChI is InChI=1S/C16H15N5O2/c1-10(22)18-9-12-8-11(6-7-17-12)16(23)19-15-13-4-2-3-5-14(13)20-21-15/h2-8H,9H2,1H3,(H,18,22)(H2,19,20,21,23). The average Bonchev–Trinajstić information content (AvgIpc) is 2.96. The monoisotopic (exact) mass is 309 g/mol. The molecule has 0 aliphatic heterocycles. The summed E-state index contributed by atoms with van der Waals surface area (Å²) in [5.74, 6) is 0.0456. The van der Waals surface area contributed by atoms with E-state index in [0.29, 0.717) is 17.1 Å². The van der Waals surface area contributed by atoms with Crippen LogP contribution in [-0.4, -0.2) is 27.0 Å². The Balaban J connectivity index is 1.78. The molecule has 0 saturated heterocycles. The number of para-hydroxylation sites is 1. The molecular weight excluding hydrogens is 294 g/mol. The Morgan fingerprint density at radius 1 is 1.22 bits per heavy atom. The molecule has 2 aromatic heterocycles. The molecule has 3 aromatic rings. The van der Waals surface area contributed by atoms with Gasteiger partial charge in [0.05, 0.1) is 17.8 Å². The van der Waals surface area contributed by atoms with Crippen LogP contribution in [-0.2, 0) is 11.3 Å². The summed E-state index contributed by atoms with van der Waals surface area (Å²) in [5, 5.41) is 13.2. The zero-order valence-electron chi connectivity index (χ0n) is 12.5. The van der Waals surface area contributed by atoms with Crippen LogP contribution in [0.1, 0.15) is 23.0 Å². The number of nitrogens with one attached hydrogen (secondary N) is 3. The minimum absolute atomic E-state index is 0.148. The number of H-pyrrole nitrogens is 1. The highest BCUT2D eigenvalue weighted by Crippen LogP contribution is 2.20. The summed E-state index contributed by atoms with van der Waals surface area (Å²) in [6.07, 6.45) is 1.54. The number of pyridine rings is 1. The maximum absolute atomic E-state index is 12.4. The van der Waals surface area contributed by atoms with Gasteiger partial charge in [0.2, 0.25) is 5.91 Å². The molecule has 3 rings (SSSR count). The molecule has 23 heavy (non-hydrogen) atoms. The molecule has 7 nitrogen and oxygen atoms in total. The van der Waals surface area contributed by atoms with Gasteiger partial charge < -0.3 is 10.6 Å². The zero-order chi connectivity index (χ0) is 16.2. The number of aromatic nitrogens is 3. The molecule has 1 aromatic carbocycles. The van der Waals surface area contributed by atoms with Crippen LogP contribution in [0.5, 0.6) is 0 Å². The van der Waals surface area contributed by atoms with Crippen molar-refractivity contribution in [3.8, 4) is 0 Å². The highest BCUT2D eigenvalue weighted by molar-refractivity contribution is 6.07. The van der Waals surface area contributed by atoms with Crippen LogP contribution in [0.3, 0.4) is 0 Å². The minimum atomic E-state index is -0.284. The first-order valence-electron chi connectivity index (χ1n) is 7.07. The lowest BCUT2D eigenvalue weighted by molar-refractivity contribution is -0.119. The maximum Gasteiger partial charge on any atom is 0.257 e. The van der Waals surface area contributed by atoms with Gasteiger partial charge in [-0.3, -0.25) is 19.7 Å². The second-order valence-corrected chi connectivity index (χ2v) is 5.02. The Kier molecular flexibility index (Phi) is 4.01. The summed E-state index contributed by atoms with van der Waals surface area (Å²) < 4.78 is 0. The summed E-state index contributed by atoms with van der Waals surface area (Å²) in [6, 6.07) is 10.8. The van der Waals surface area contributed by atoms with Crippen molar-refractivity contribution in [2.75, 3.05) is 5.32 Å². The van der Waals surface area contributed by atoms with Crippen LogP contribution in [0.2, 0.25) is 0 Å². The summed E-state index contributed by atoms with van der Waals surface area (Å²) in [5.41, 5.74) is 1.91.